The van der Waals surface area contributed by atoms with Gasteiger partial charge in [0.05, 0.1) is 17.1 Å². The molecule has 0 spiro atoms. The third-order valence-electron chi connectivity index (χ3n) is 3.44. The Hall–Kier alpha value is -2.26. The Labute approximate surface area is 117 Å². The second-order valence-electron chi connectivity index (χ2n) is 4.98. The average molecular weight is 264 g/mol. The van der Waals surface area contributed by atoms with Crippen molar-refractivity contribution in [2.45, 2.75) is 19.4 Å². The van der Waals surface area contributed by atoms with E-state index in [4.69, 9.17) is 0 Å². The first-order chi connectivity index (χ1) is 9.74. The van der Waals surface area contributed by atoms with Crippen LogP contribution in [0.3, 0.4) is 0 Å². The number of para-hydroxylation sites is 1. The van der Waals surface area contributed by atoms with E-state index in [9.17, 15) is 5.11 Å². The molecule has 0 aliphatic carbocycles. The summed E-state index contributed by atoms with van der Waals surface area (Å²) in [6.07, 6.45) is 3.33. The van der Waals surface area contributed by atoms with Crippen molar-refractivity contribution in [2.24, 2.45) is 0 Å². The van der Waals surface area contributed by atoms with Gasteiger partial charge in [-0.15, -0.1) is 0 Å². The Bertz CT molecular complexity index is 717. The number of hydrogen-bond acceptors (Lipinski definition) is 3. The third kappa shape index (κ3) is 2.53. The third-order valence-corrected chi connectivity index (χ3v) is 3.44. The van der Waals surface area contributed by atoms with Crippen LogP contribution in [0.5, 0.6) is 0 Å². The number of aromatic nitrogens is 2. The van der Waals surface area contributed by atoms with E-state index in [2.05, 4.69) is 41.2 Å². The Morgan fingerprint density at radius 1 is 1.00 bits per heavy atom. The van der Waals surface area contributed by atoms with Crippen LogP contribution in [0.25, 0.3) is 11.0 Å². The molecule has 1 aromatic heterocycles. The molecule has 0 bridgehead atoms. The molecule has 3 nitrogen and oxygen atoms in total. The highest BCUT2D eigenvalue weighted by Crippen LogP contribution is 2.24. The van der Waals surface area contributed by atoms with Gasteiger partial charge in [-0.05, 0) is 18.6 Å². The zero-order valence-corrected chi connectivity index (χ0v) is 11.3. The van der Waals surface area contributed by atoms with Crippen LogP contribution in [0, 0.1) is 6.92 Å². The highest BCUT2D eigenvalue weighted by molar-refractivity contribution is 5.77. The molecule has 1 N–H and O–H groups in total. The van der Waals surface area contributed by atoms with E-state index in [0.29, 0.717) is 6.42 Å². The molecule has 3 heteroatoms. The zero-order valence-electron chi connectivity index (χ0n) is 11.3. The molecule has 0 saturated heterocycles. The van der Waals surface area contributed by atoms with Gasteiger partial charge in [-0.3, -0.25) is 9.97 Å². The van der Waals surface area contributed by atoms with Crippen LogP contribution in [0.2, 0.25) is 0 Å². The van der Waals surface area contributed by atoms with Crippen molar-refractivity contribution < 1.29 is 5.11 Å². The minimum atomic E-state index is -0.571. The molecular formula is C17H16N2O. The fourth-order valence-electron chi connectivity index (χ4n) is 2.34. The number of benzene rings is 2. The molecule has 3 aromatic rings. The van der Waals surface area contributed by atoms with E-state index < -0.39 is 6.10 Å². The lowest BCUT2D eigenvalue weighted by molar-refractivity contribution is 0.180. The maximum absolute atomic E-state index is 10.5. The monoisotopic (exact) mass is 264 g/mol. The quantitative estimate of drug-likeness (QED) is 0.790. The van der Waals surface area contributed by atoms with Gasteiger partial charge >= 0.3 is 0 Å². The summed E-state index contributed by atoms with van der Waals surface area (Å²) in [6.45, 7) is 2.06. The summed E-state index contributed by atoms with van der Waals surface area (Å²) >= 11 is 0. The van der Waals surface area contributed by atoms with E-state index in [1.54, 1.807) is 12.4 Å². The van der Waals surface area contributed by atoms with Crippen LogP contribution < -0.4 is 0 Å². The van der Waals surface area contributed by atoms with Crippen LogP contribution >= 0.6 is 0 Å². The first-order valence-electron chi connectivity index (χ1n) is 6.67. The van der Waals surface area contributed by atoms with Crippen LogP contribution in [0.15, 0.2) is 54.9 Å². The number of aryl methyl sites for hydroxylation is 1. The average Bonchev–Trinajstić information content (AvgIpc) is 2.49. The number of fused-ring (bicyclic) bond motifs is 1. The second-order valence-corrected chi connectivity index (χ2v) is 4.98. The Morgan fingerprint density at radius 2 is 1.75 bits per heavy atom. The Balaban J connectivity index is 1.92. The standard InChI is InChI=1S/C17H16N2O/c1-12-5-7-13(8-6-12)11-16(20)14-3-2-4-15-17(14)19-10-9-18-15/h2-10,16,20H,11H2,1H3. The molecule has 0 fully saturated rings. The lowest BCUT2D eigenvalue weighted by atomic mass is 9.99. The SMILES string of the molecule is Cc1ccc(CC(O)c2cccc3nccnc23)cc1. The van der Waals surface area contributed by atoms with Gasteiger partial charge in [-0.2, -0.15) is 0 Å². The van der Waals surface area contributed by atoms with Gasteiger partial charge in [-0.25, -0.2) is 0 Å². The second kappa shape index (κ2) is 5.39. The molecule has 0 aliphatic rings. The molecule has 3 rings (SSSR count). The van der Waals surface area contributed by atoms with Gasteiger partial charge in [-0.1, -0.05) is 42.0 Å². The summed E-state index contributed by atoms with van der Waals surface area (Å²) in [5.74, 6) is 0. The fourth-order valence-corrected chi connectivity index (χ4v) is 2.34. The zero-order chi connectivity index (χ0) is 13.9. The topological polar surface area (TPSA) is 46.0 Å². The molecule has 0 aliphatic heterocycles. The maximum atomic E-state index is 10.5. The fraction of sp³-hybridized carbons (Fsp3) is 0.176. The smallest absolute Gasteiger partial charge is 0.0944 e. The molecule has 1 atom stereocenters. The summed E-state index contributed by atoms with van der Waals surface area (Å²) in [4.78, 5) is 8.60. The minimum absolute atomic E-state index is 0.571. The van der Waals surface area contributed by atoms with E-state index in [0.717, 1.165) is 22.2 Å². The van der Waals surface area contributed by atoms with Crippen molar-refractivity contribution in [1.29, 1.82) is 0 Å². The van der Waals surface area contributed by atoms with E-state index in [1.165, 1.54) is 5.56 Å². The molecule has 1 unspecified atom stereocenters. The molecule has 0 saturated carbocycles. The lowest BCUT2D eigenvalue weighted by Crippen LogP contribution is -2.03. The van der Waals surface area contributed by atoms with E-state index >= 15 is 0 Å². The van der Waals surface area contributed by atoms with Gasteiger partial charge in [0.25, 0.3) is 0 Å². The number of aliphatic hydroxyl groups excluding tert-OH is 1. The van der Waals surface area contributed by atoms with Crippen molar-refractivity contribution in [3.63, 3.8) is 0 Å². The van der Waals surface area contributed by atoms with Gasteiger partial charge < -0.3 is 5.11 Å². The molecule has 1 heterocycles. The van der Waals surface area contributed by atoms with Crippen LogP contribution in [0.4, 0.5) is 0 Å². The number of hydrogen-bond donors (Lipinski definition) is 1. The van der Waals surface area contributed by atoms with Gasteiger partial charge in [0.15, 0.2) is 0 Å². The maximum Gasteiger partial charge on any atom is 0.0944 e. The normalized spacial score (nSPS) is 12.5. The summed E-state index contributed by atoms with van der Waals surface area (Å²) in [6, 6.07) is 14.0. The van der Waals surface area contributed by atoms with Crippen LogP contribution in [-0.2, 0) is 6.42 Å². The van der Waals surface area contributed by atoms with Gasteiger partial charge in [0.2, 0.25) is 0 Å². The molecule has 0 radical (unpaired) electrons. The summed E-state index contributed by atoms with van der Waals surface area (Å²) in [5.41, 5.74) is 4.75. The summed E-state index contributed by atoms with van der Waals surface area (Å²) in [7, 11) is 0. The predicted octanol–water partition coefficient (Wildman–Crippen LogP) is 3.21. The number of nitrogens with zero attached hydrogens (tertiary/aromatic N) is 2. The van der Waals surface area contributed by atoms with Crippen LogP contribution in [0.1, 0.15) is 22.8 Å². The highest BCUT2D eigenvalue weighted by Gasteiger charge is 2.13. The molecule has 20 heavy (non-hydrogen) atoms. The minimum Gasteiger partial charge on any atom is -0.388 e. The molecule has 100 valence electrons. The largest absolute Gasteiger partial charge is 0.388 e. The van der Waals surface area contributed by atoms with E-state index in [1.807, 2.05) is 18.2 Å². The Kier molecular flexibility index (Phi) is 3.44. The first kappa shape index (κ1) is 12.8. The molecule has 2 aromatic carbocycles. The van der Waals surface area contributed by atoms with Crippen molar-refractivity contribution in [3.8, 4) is 0 Å². The molecule has 0 amide bonds. The van der Waals surface area contributed by atoms with Gasteiger partial charge in [0, 0.05) is 24.4 Å². The highest BCUT2D eigenvalue weighted by atomic mass is 16.3. The Morgan fingerprint density at radius 3 is 2.55 bits per heavy atom. The summed E-state index contributed by atoms with van der Waals surface area (Å²) in [5, 5.41) is 10.5. The lowest BCUT2D eigenvalue weighted by Gasteiger charge is -2.13. The predicted molar refractivity (Wildman–Crippen MR) is 79.4 cm³/mol. The van der Waals surface area contributed by atoms with E-state index in [-0.39, 0.29) is 0 Å². The van der Waals surface area contributed by atoms with Crippen molar-refractivity contribution in [1.82, 2.24) is 9.97 Å². The van der Waals surface area contributed by atoms with Crippen LogP contribution in [-0.4, -0.2) is 15.1 Å². The summed E-state index contributed by atoms with van der Waals surface area (Å²) < 4.78 is 0. The van der Waals surface area contributed by atoms with Crippen molar-refractivity contribution in [3.05, 3.63) is 71.5 Å². The van der Waals surface area contributed by atoms with Crippen molar-refractivity contribution >= 4 is 11.0 Å². The number of rotatable bonds is 3. The first-order valence-corrected chi connectivity index (χ1v) is 6.67. The van der Waals surface area contributed by atoms with Gasteiger partial charge in [0.1, 0.15) is 0 Å². The molecular weight excluding hydrogens is 248 g/mol. The number of aliphatic hydroxyl groups is 1. The van der Waals surface area contributed by atoms with Crippen molar-refractivity contribution in [2.75, 3.05) is 0 Å².